The summed E-state index contributed by atoms with van der Waals surface area (Å²) in [6.45, 7) is 7.45. The van der Waals surface area contributed by atoms with Crippen molar-refractivity contribution in [1.82, 2.24) is 9.80 Å². The van der Waals surface area contributed by atoms with Gasteiger partial charge < -0.3 is 19.3 Å². The van der Waals surface area contributed by atoms with E-state index in [0.29, 0.717) is 12.8 Å². The van der Waals surface area contributed by atoms with Crippen molar-refractivity contribution in [2.45, 2.75) is 19.9 Å². The van der Waals surface area contributed by atoms with Gasteiger partial charge in [-0.25, -0.2) is 4.79 Å². The van der Waals surface area contributed by atoms with Gasteiger partial charge in [0, 0.05) is 19.6 Å². The number of amides is 2. The molecule has 21 heavy (non-hydrogen) atoms. The van der Waals surface area contributed by atoms with E-state index in [9.17, 15) is 19.2 Å². The summed E-state index contributed by atoms with van der Waals surface area (Å²) >= 11 is 0. The third kappa shape index (κ3) is 3.68. The van der Waals surface area contributed by atoms with E-state index >= 15 is 0 Å². The van der Waals surface area contributed by atoms with Gasteiger partial charge in [-0.3, -0.25) is 9.59 Å². The molecule has 2 amide bonds. The lowest BCUT2D eigenvalue weighted by Crippen LogP contribution is -2.46. The van der Waals surface area contributed by atoms with Crippen LogP contribution in [-0.4, -0.2) is 66.7 Å². The van der Waals surface area contributed by atoms with Crippen molar-refractivity contribution in [3.63, 3.8) is 0 Å². The van der Waals surface area contributed by atoms with E-state index in [2.05, 4.69) is 11.3 Å². The largest absolute Gasteiger partial charge is 0.469 e. The van der Waals surface area contributed by atoms with E-state index in [1.807, 2.05) is 0 Å². The first-order valence-corrected chi connectivity index (χ1v) is 6.61. The Morgan fingerprint density at radius 3 is 2.52 bits per heavy atom. The predicted octanol–water partition coefficient (Wildman–Crippen LogP) is 0.246. The molecule has 0 spiro atoms. The number of Topliss-reactive ketones (excluding diaryl/α,β-unsaturated/α-hetero) is 1. The number of urea groups is 1. The van der Waals surface area contributed by atoms with Crippen molar-refractivity contribution in [3.8, 4) is 0 Å². The van der Waals surface area contributed by atoms with Crippen molar-refractivity contribution in [2.75, 3.05) is 26.7 Å². The number of ether oxygens (including phenoxy) is 1. The first-order chi connectivity index (χ1) is 9.83. The number of hydrogen-bond acceptors (Lipinski definition) is 5. The number of aldehydes is 1. The first kappa shape index (κ1) is 16.9. The Morgan fingerprint density at radius 1 is 1.43 bits per heavy atom. The molecule has 1 aliphatic heterocycles. The molecule has 0 N–H and O–H groups in total. The normalized spacial score (nSPS) is 17.4. The van der Waals surface area contributed by atoms with Crippen LogP contribution in [0.25, 0.3) is 0 Å². The summed E-state index contributed by atoms with van der Waals surface area (Å²) in [4.78, 5) is 49.2. The molecule has 2 atom stereocenters. The third-order valence-corrected chi connectivity index (χ3v) is 3.38. The maximum Gasteiger partial charge on any atom is 0.321 e. The molecule has 0 aromatic heterocycles. The van der Waals surface area contributed by atoms with Crippen LogP contribution in [0.3, 0.4) is 0 Å². The van der Waals surface area contributed by atoms with E-state index in [1.54, 1.807) is 6.92 Å². The fraction of sp³-hybridized carbons (Fsp3) is 0.571. The summed E-state index contributed by atoms with van der Waals surface area (Å²) < 4.78 is 4.61. The average Bonchev–Trinajstić information content (AvgIpc) is 2.80. The zero-order chi connectivity index (χ0) is 16.2. The zero-order valence-electron chi connectivity index (χ0n) is 12.5. The van der Waals surface area contributed by atoms with Crippen LogP contribution in [0.2, 0.25) is 0 Å². The molecule has 0 aliphatic carbocycles. The molecule has 2 unspecified atom stereocenters. The lowest BCUT2D eigenvalue weighted by Gasteiger charge is -2.23. The molecule has 1 heterocycles. The van der Waals surface area contributed by atoms with Gasteiger partial charge in [0.1, 0.15) is 0 Å². The van der Waals surface area contributed by atoms with E-state index in [0.717, 1.165) is 0 Å². The molecular formula is C14H20N2O5. The van der Waals surface area contributed by atoms with Gasteiger partial charge in [0.15, 0.2) is 18.1 Å². The molecule has 0 bridgehead atoms. The summed E-state index contributed by atoms with van der Waals surface area (Å²) in [5.74, 6) is -1.35. The Bertz CT molecular complexity index is 474. The Labute approximate surface area is 123 Å². The maximum absolute atomic E-state index is 12.2. The minimum absolute atomic E-state index is 0.189. The van der Waals surface area contributed by atoms with Gasteiger partial charge >= 0.3 is 12.0 Å². The lowest BCUT2D eigenvalue weighted by molar-refractivity contribution is -0.145. The molecular weight excluding hydrogens is 276 g/mol. The third-order valence-electron chi connectivity index (χ3n) is 3.38. The smallest absolute Gasteiger partial charge is 0.321 e. The average molecular weight is 296 g/mol. The maximum atomic E-state index is 12.2. The van der Waals surface area contributed by atoms with Gasteiger partial charge in [0.05, 0.1) is 13.0 Å². The molecule has 0 radical (unpaired) electrons. The minimum atomic E-state index is -1.14. The molecule has 1 fully saturated rings. The second kappa shape index (κ2) is 7.01. The molecule has 0 aromatic rings. The van der Waals surface area contributed by atoms with E-state index in [-0.39, 0.29) is 18.7 Å². The van der Waals surface area contributed by atoms with Crippen LogP contribution >= 0.6 is 0 Å². The van der Waals surface area contributed by atoms with Gasteiger partial charge in [0.2, 0.25) is 0 Å². The number of ketones is 1. The number of rotatable bonds is 7. The topological polar surface area (TPSA) is 84.0 Å². The molecule has 1 rings (SSSR count). The molecule has 1 aliphatic rings. The SMILES string of the molecule is C=C(C)C(=O)C(C=O)N1CCN(CC(C)C(=O)OC)C1=O. The van der Waals surface area contributed by atoms with Crippen LogP contribution in [-0.2, 0) is 19.1 Å². The Kier molecular flexibility index (Phi) is 5.63. The predicted molar refractivity (Wildman–Crippen MR) is 74.5 cm³/mol. The van der Waals surface area contributed by atoms with Gasteiger partial charge in [-0.1, -0.05) is 13.5 Å². The van der Waals surface area contributed by atoms with Gasteiger partial charge in [-0.15, -0.1) is 0 Å². The van der Waals surface area contributed by atoms with Crippen molar-refractivity contribution >= 4 is 24.1 Å². The van der Waals surface area contributed by atoms with Crippen molar-refractivity contribution in [1.29, 1.82) is 0 Å². The second-order valence-electron chi connectivity index (χ2n) is 5.07. The summed E-state index contributed by atoms with van der Waals surface area (Å²) in [5, 5.41) is 0. The van der Waals surface area contributed by atoms with Crippen molar-refractivity contribution in [2.24, 2.45) is 5.92 Å². The quantitative estimate of drug-likeness (QED) is 0.291. The van der Waals surface area contributed by atoms with Crippen LogP contribution in [0.4, 0.5) is 4.79 Å². The fourth-order valence-electron chi connectivity index (χ4n) is 2.16. The lowest BCUT2D eigenvalue weighted by atomic mass is 10.1. The molecule has 7 nitrogen and oxygen atoms in total. The monoisotopic (exact) mass is 296 g/mol. The molecule has 0 aromatic carbocycles. The molecule has 116 valence electrons. The van der Waals surface area contributed by atoms with E-state index in [1.165, 1.54) is 23.8 Å². The number of carbonyl (C=O) groups excluding carboxylic acids is 4. The first-order valence-electron chi connectivity index (χ1n) is 6.61. The summed E-state index contributed by atoms with van der Waals surface area (Å²) in [6, 6.07) is -1.58. The van der Waals surface area contributed by atoms with Crippen LogP contribution in [0.1, 0.15) is 13.8 Å². The summed E-state index contributed by atoms with van der Waals surface area (Å²) in [5.41, 5.74) is 0.223. The highest BCUT2D eigenvalue weighted by atomic mass is 16.5. The molecule has 1 saturated heterocycles. The number of methoxy groups -OCH3 is 1. The van der Waals surface area contributed by atoms with Crippen LogP contribution in [0, 0.1) is 5.92 Å². The van der Waals surface area contributed by atoms with Crippen LogP contribution in [0.15, 0.2) is 12.2 Å². The van der Waals surface area contributed by atoms with E-state index in [4.69, 9.17) is 0 Å². The summed E-state index contributed by atoms with van der Waals surface area (Å²) in [7, 11) is 1.28. The van der Waals surface area contributed by atoms with Gasteiger partial charge in [-0.2, -0.15) is 0 Å². The zero-order valence-corrected chi connectivity index (χ0v) is 12.5. The van der Waals surface area contributed by atoms with Crippen LogP contribution < -0.4 is 0 Å². The number of hydrogen-bond donors (Lipinski definition) is 0. The Morgan fingerprint density at radius 2 is 2.05 bits per heavy atom. The second-order valence-corrected chi connectivity index (χ2v) is 5.07. The number of nitrogens with zero attached hydrogens (tertiary/aromatic N) is 2. The standard InChI is InChI=1S/C14H20N2O5/c1-9(2)12(18)11(8-17)16-6-5-15(14(16)20)7-10(3)13(19)21-4/h8,10-11H,1,5-7H2,2-4H3. The highest BCUT2D eigenvalue weighted by Crippen LogP contribution is 2.16. The van der Waals surface area contributed by atoms with Crippen molar-refractivity contribution in [3.05, 3.63) is 12.2 Å². The number of esters is 1. The fourth-order valence-corrected chi connectivity index (χ4v) is 2.16. The van der Waals surface area contributed by atoms with Gasteiger partial charge in [-0.05, 0) is 12.5 Å². The van der Waals surface area contributed by atoms with Crippen molar-refractivity contribution < 1.29 is 23.9 Å². The highest BCUT2D eigenvalue weighted by Gasteiger charge is 2.38. The molecule has 7 heteroatoms. The Balaban J connectivity index is 2.76. The highest BCUT2D eigenvalue weighted by molar-refractivity contribution is 6.09. The van der Waals surface area contributed by atoms with Gasteiger partial charge in [0.25, 0.3) is 0 Å². The van der Waals surface area contributed by atoms with Crippen LogP contribution in [0.5, 0.6) is 0 Å². The summed E-state index contributed by atoms with van der Waals surface area (Å²) in [6.07, 6.45) is 0.447. The van der Waals surface area contributed by atoms with E-state index < -0.39 is 29.7 Å². The minimum Gasteiger partial charge on any atom is -0.469 e. The Hall–Kier alpha value is -2.18. The number of carbonyl (C=O) groups is 4. The molecule has 0 saturated carbocycles.